The number of urea groups is 1. The van der Waals surface area contributed by atoms with E-state index in [0.29, 0.717) is 36.9 Å². The van der Waals surface area contributed by atoms with Crippen LogP contribution in [0.15, 0.2) is 46.0 Å². The smallest absolute Gasteiger partial charge is 0.321 e. The molecule has 176 valence electrons. The van der Waals surface area contributed by atoms with E-state index in [0.717, 1.165) is 11.3 Å². The van der Waals surface area contributed by atoms with Gasteiger partial charge in [-0.1, -0.05) is 62.8 Å². The predicted octanol–water partition coefficient (Wildman–Crippen LogP) is 4.35. The molecule has 2 aliphatic rings. The maximum Gasteiger partial charge on any atom is 0.321 e. The quantitative estimate of drug-likeness (QED) is 0.670. The molecule has 1 aliphatic heterocycles. The molecular formula is C23H34N4O3S2. The lowest BCUT2D eigenvalue weighted by molar-refractivity contribution is 0.184. The second-order valence-corrected chi connectivity index (χ2v) is 11.2. The van der Waals surface area contributed by atoms with E-state index in [4.69, 9.17) is 0 Å². The van der Waals surface area contributed by atoms with Gasteiger partial charge in [0.15, 0.2) is 0 Å². The molecular weight excluding hydrogens is 444 g/mol. The number of carbonyl (C=O) groups excluding carboxylic acids is 1. The number of nitrogens with one attached hydrogen (secondary N) is 2. The third kappa shape index (κ3) is 6.78. The van der Waals surface area contributed by atoms with E-state index in [2.05, 4.69) is 10.6 Å². The van der Waals surface area contributed by atoms with E-state index in [1.54, 1.807) is 22.4 Å². The first-order chi connectivity index (χ1) is 15.5. The summed E-state index contributed by atoms with van der Waals surface area (Å²) in [5.41, 5.74) is 1.77. The highest BCUT2D eigenvalue weighted by Crippen LogP contribution is 2.22. The van der Waals surface area contributed by atoms with Crippen LogP contribution in [0.2, 0.25) is 0 Å². The lowest BCUT2D eigenvalue weighted by atomic mass is 10.0. The van der Waals surface area contributed by atoms with Crippen molar-refractivity contribution in [1.29, 1.82) is 0 Å². The molecule has 0 bridgehead atoms. The van der Waals surface area contributed by atoms with E-state index in [1.165, 1.54) is 54.2 Å². The molecule has 4 rings (SSSR count). The minimum absolute atomic E-state index is 0.207. The Hall–Kier alpha value is -1.94. The fourth-order valence-electron chi connectivity index (χ4n) is 3.91. The molecule has 1 aromatic heterocycles. The van der Waals surface area contributed by atoms with E-state index >= 15 is 0 Å². The first-order valence-corrected chi connectivity index (χ1v) is 13.7. The fraction of sp³-hybridized carbons (Fsp3) is 0.522. The van der Waals surface area contributed by atoms with E-state index in [-0.39, 0.29) is 6.03 Å². The van der Waals surface area contributed by atoms with Gasteiger partial charge in [-0.3, -0.25) is 0 Å². The number of nitrogens with zero attached hydrogens (tertiary/aromatic N) is 2. The number of carbonyl (C=O) groups is 1. The molecule has 0 atom stereocenters. The van der Waals surface area contributed by atoms with Crippen molar-refractivity contribution in [2.75, 3.05) is 38.5 Å². The van der Waals surface area contributed by atoms with Gasteiger partial charge in [0.05, 0.1) is 0 Å². The lowest BCUT2D eigenvalue weighted by Crippen LogP contribution is -2.51. The lowest BCUT2D eigenvalue weighted by Gasteiger charge is -2.33. The van der Waals surface area contributed by atoms with Gasteiger partial charge in [-0.2, -0.15) is 4.31 Å². The molecule has 2 N–H and O–H groups in total. The van der Waals surface area contributed by atoms with Crippen molar-refractivity contribution in [1.82, 2.24) is 14.5 Å². The van der Waals surface area contributed by atoms with Crippen LogP contribution in [0.4, 0.5) is 10.5 Å². The Morgan fingerprint density at radius 3 is 2.12 bits per heavy atom. The van der Waals surface area contributed by atoms with E-state index < -0.39 is 10.0 Å². The number of piperazine rings is 1. The van der Waals surface area contributed by atoms with Crippen molar-refractivity contribution in [2.45, 2.75) is 49.3 Å². The summed E-state index contributed by atoms with van der Waals surface area (Å²) in [7, 11) is -1.60. The second kappa shape index (κ2) is 12.3. The summed E-state index contributed by atoms with van der Waals surface area (Å²) in [6.07, 6.45) is 9.00. The van der Waals surface area contributed by atoms with Crippen molar-refractivity contribution >= 4 is 33.1 Å². The second-order valence-electron chi connectivity index (χ2n) is 8.06. The van der Waals surface area contributed by atoms with Gasteiger partial charge in [-0.25, -0.2) is 13.2 Å². The Kier molecular flexibility index (Phi) is 9.52. The van der Waals surface area contributed by atoms with Crippen LogP contribution in [0.5, 0.6) is 0 Å². The molecule has 1 saturated heterocycles. The normalized spacial score (nSPS) is 17.3. The van der Waals surface area contributed by atoms with Gasteiger partial charge in [0.1, 0.15) is 4.21 Å². The largest absolute Gasteiger partial charge is 0.322 e. The molecule has 2 heterocycles. The average molecular weight is 479 g/mol. The number of hydrogen-bond donors (Lipinski definition) is 2. The Bertz CT molecular complexity index is 924. The van der Waals surface area contributed by atoms with Crippen LogP contribution >= 0.6 is 11.3 Å². The summed E-state index contributed by atoms with van der Waals surface area (Å²) >= 11 is 1.21. The van der Waals surface area contributed by atoms with Crippen molar-refractivity contribution in [2.24, 2.45) is 0 Å². The van der Waals surface area contributed by atoms with Crippen LogP contribution in [-0.2, 0) is 16.6 Å². The van der Waals surface area contributed by atoms with Crippen LogP contribution in [0, 0.1) is 0 Å². The zero-order valence-corrected chi connectivity index (χ0v) is 20.4. The molecule has 1 saturated carbocycles. The molecule has 1 aromatic carbocycles. The molecule has 2 aromatic rings. The number of sulfonamides is 1. The summed E-state index contributed by atoms with van der Waals surface area (Å²) in [5, 5.41) is 7.75. The van der Waals surface area contributed by atoms with Crippen LogP contribution in [0.3, 0.4) is 0 Å². The van der Waals surface area contributed by atoms with Gasteiger partial charge < -0.3 is 15.5 Å². The summed E-state index contributed by atoms with van der Waals surface area (Å²) in [6, 6.07) is 10.7. The average Bonchev–Trinajstić information content (AvgIpc) is 3.38. The van der Waals surface area contributed by atoms with Crippen molar-refractivity contribution in [3.63, 3.8) is 0 Å². The highest BCUT2D eigenvalue weighted by atomic mass is 32.2. The Morgan fingerprint density at radius 1 is 0.938 bits per heavy atom. The Balaban J connectivity index is 0.000000416. The van der Waals surface area contributed by atoms with Crippen LogP contribution in [-0.4, -0.2) is 56.9 Å². The standard InChI is InChI=1S/C17H22N4O3S2.C6H12/c1-18-13-14-5-2-3-6-15(14)19-17(22)20-8-10-21(11-9-20)26(23,24)16-7-4-12-25-16;1-2-4-6-5-3-1/h2-7,12,18H,8-11,13H2,1H3,(H,19,22);1-6H2. The molecule has 7 nitrogen and oxygen atoms in total. The molecule has 9 heteroatoms. The fourth-order valence-corrected chi connectivity index (χ4v) is 6.48. The monoisotopic (exact) mass is 478 g/mol. The first-order valence-electron chi connectivity index (χ1n) is 11.3. The van der Waals surface area contributed by atoms with Gasteiger partial charge in [-0.15, -0.1) is 11.3 Å². The highest BCUT2D eigenvalue weighted by Gasteiger charge is 2.30. The molecule has 2 amide bonds. The van der Waals surface area contributed by atoms with Crippen LogP contribution in [0.25, 0.3) is 0 Å². The van der Waals surface area contributed by atoms with Crippen LogP contribution < -0.4 is 10.6 Å². The first kappa shape index (κ1) is 24.7. The minimum Gasteiger partial charge on any atom is -0.322 e. The van der Waals surface area contributed by atoms with Gasteiger partial charge >= 0.3 is 6.03 Å². The van der Waals surface area contributed by atoms with Gasteiger partial charge in [0.2, 0.25) is 0 Å². The van der Waals surface area contributed by atoms with Gasteiger partial charge in [-0.05, 0) is 30.1 Å². The molecule has 1 aliphatic carbocycles. The molecule has 0 radical (unpaired) electrons. The maximum atomic E-state index is 12.5. The Morgan fingerprint density at radius 2 is 1.56 bits per heavy atom. The molecule has 32 heavy (non-hydrogen) atoms. The van der Waals surface area contributed by atoms with Crippen LogP contribution in [0.1, 0.15) is 44.1 Å². The summed E-state index contributed by atoms with van der Waals surface area (Å²) in [4.78, 5) is 14.2. The minimum atomic E-state index is -3.46. The maximum absolute atomic E-state index is 12.5. The van der Waals surface area contributed by atoms with E-state index in [9.17, 15) is 13.2 Å². The SMILES string of the molecule is C1CCCCC1.CNCc1ccccc1NC(=O)N1CCN(S(=O)(=O)c2cccs2)CC1. The van der Waals surface area contributed by atoms with Crippen molar-refractivity contribution in [3.8, 4) is 0 Å². The third-order valence-electron chi connectivity index (χ3n) is 5.74. The van der Waals surface area contributed by atoms with Gasteiger partial charge in [0.25, 0.3) is 10.0 Å². The topological polar surface area (TPSA) is 81.8 Å². The number of amides is 2. The zero-order chi connectivity index (χ0) is 22.8. The summed E-state index contributed by atoms with van der Waals surface area (Å²) < 4.78 is 26.9. The number of thiophene rings is 1. The van der Waals surface area contributed by atoms with Crippen molar-refractivity contribution < 1.29 is 13.2 Å². The zero-order valence-electron chi connectivity index (χ0n) is 18.8. The summed E-state index contributed by atoms with van der Waals surface area (Å²) in [5.74, 6) is 0. The Labute approximate surface area is 195 Å². The van der Waals surface area contributed by atoms with E-state index in [1.807, 2.05) is 31.3 Å². The predicted molar refractivity (Wildman–Crippen MR) is 131 cm³/mol. The van der Waals surface area contributed by atoms with Gasteiger partial charge in [0, 0.05) is 38.4 Å². The number of para-hydroxylation sites is 1. The highest BCUT2D eigenvalue weighted by molar-refractivity contribution is 7.91. The third-order valence-corrected chi connectivity index (χ3v) is 9.01. The molecule has 0 unspecified atom stereocenters. The van der Waals surface area contributed by atoms with Crippen molar-refractivity contribution in [3.05, 3.63) is 47.3 Å². The summed E-state index contributed by atoms with van der Waals surface area (Å²) in [6.45, 7) is 1.98. The molecule has 2 fully saturated rings. The molecule has 0 spiro atoms. The number of benzene rings is 1. The number of anilines is 1. The number of hydrogen-bond acceptors (Lipinski definition) is 5. The number of rotatable bonds is 5.